The van der Waals surface area contributed by atoms with Crippen molar-refractivity contribution in [3.63, 3.8) is 0 Å². The summed E-state index contributed by atoms with van der Waals surface area (Å²) in [5.74, 6) is -0.487. The number of nitro groups is 1. The van der Waals surface area contributed by atoms with Crippen LogP contribution in [-0.4, -0.2) is 27.9 Å². The third-order valence-corrected chi connectivity index (χ3v) is 5.97. The van der Waals surface area contributed by atoms with E-state index in [0.717, 1.165) is 16.8 Å². The van der Waals surface area contributed by atoms with E-state index in [-0.39, 0.29) is 18.7 Å². The highest BCUT2D eigenvalue weighted by atomic mass is 32.1. The largest absolute Gasteiger partial charge is 0.445 e. The van der Waals surface area contributed by atoms with E-state index in [1.54, 1.807) is 12.1 Å². The van der Waals surface area contributed by atoms with Gasteiger partial charge in [-0.25, -0.2) is 9.78 Å². The quantitative estimate of drug-likeness (QED) is 0.240. The van der Waals surface area contributed by atoms with Gasteiger partial charge >= 0.3 is 6.09 Å². The molecule has 0 radical (unpaired) electrons. The molecule has 2 N–H and O–H groups in total. The fourth-order valence-electron chi connectivity index (χ4n) is 3.37. The number of anilines is 1. The van der Waals surface area contributed by atoms with Crippen molar-refractivity contribution in [3.05, 3.63) is 112 Å². The summed E-state index contributed by atoms with van der Waals surface area (Å²) in [5.41, 5.74) is 3.01. The summed E-state index contributed by atoms with van der Waals surface area (Å²) in [6.07, 6.45) is -0.661. The molecule has 9 nitrogen and oxygen atoms in total. The van der Waals surface area contributed by atoms with Crippen molar-refractivity contribution >= 4 is 34.2 Å². The first-order valence-electron chi connectivity index (χ1n) is 11.0. The van der Waals surface area contributed by atoms with E-state index in [4.69, 9.17) is 4.74 Å². The monoisotopic (exact) mass is 502 g/mol. The predicted molar refractivity (Wildman–Crippen MR) is 137 cm³/mol. The van der Waals surface area contributed by atoms with Crippen LogP contribution in [0.2, 0.25) is 0 Å². The molecule has 10 heteroatoms. The average molecular weight is 503 g/mol. The lowest BCUT2D eigenvalue weighted by molar-refractivity contribution is -0.384. The molecule has 1 atom stereocenters. The molecule has 0 bridgehead atoms. The van der Waals surface area contributed by atoms with Crippen molar-refractivity contribution in [3.8, 4) is 11.3 Å². The molecule has 1 unspecified atom stereocenters. The maximum atomic E-state index is 13.1. The van der Waals surface area contributed by atoms with Crippen LogP contribution in [0, 0.1) is 10.1 Å². The highest BCUT2D eigenvalue weighted by Gasteiger charge is 2.24. The molecule has 0 fully saturated rings. The summed E-state index contributed by atoms with van der Waals surface area (Å²) >= 11 is 1.27. The number of nitrogens with one attached hydrogen (secondary N) is 2. The number of ether oxygens (including phenoxy) is 1. The van der Waals surface area contributed by atoms with Gasteiger partial charge in [0.25, 0.3) is 5.69 Å². The Labute approximate surface area is 210 Å². The number of carbonyl (C=O) groups excluding carboxylic acids is 2. The van der Waals surface area contributed by atoms with E-state index in [0.29, 0.717) is 10.7 Å². The minimum absolute atomic E-state index is 0.0471. The number of carbonyl (C=O) groups is 2. The Morgan fingerprint density at radius 1 is 0.944 bits per heavy atom. The molecule has 0 aliphatic carbocycles. The number of thiazole rings is 1. The van der Waals surface area contributed by atoms with Crippen LogP contribution in [0.15, 0.2) is 90.3 Å². The molecular weight excluding hydrogens is 480 g/mol. The van der Waals surface area contributed by atoms with E-state index in [1.165, 1.54) is 23.5 Å². The molecule has 3 aromatic carbocycles. The van der Waals surface area contributed by atoms with Crippen LogP contribution in [-0.2, 0) is 22.6 Å². The number of hydrogen-bond acceptors (Lipinski definition) is 7. The lowest BCUT2D eigenvalue weighted by Gasteiger charge is -2.18. The minimum Gasteiger partial charge on any atom is -0.445 e. The molecule has 182 valence electrons. The Kier molecular flexibility index (Phi) is 7.99. The van der Waals surface area contributed by atoms with Gasteiger partial charge in [0.1, 0.15) is 12.6 Å². The Hall–Kier alpha value is -4.57. The number of aromatic nitrogens is 1. The molecule has 1 aromatic heterocycles. The van der Waals surface area contributed by atoms with Gasteiger partial charge in [-0.05, 0) is 11.1 Å². The van der Waals surface area contributed by atoms with Crippen LogP contribution in [0.1, 0.15) is 11.1 Å². The Morgan fingerprint density at radius 2 is 1.61 bits per heavy atom. The molecule has 0 aliphatic heterocycles. The first kappa shape index (κ1) is 24.6. The second kappa shape index (κ2) is 11.7. The standard InChI is InChI=1S/C26H22N4O5S/c31-24(29-25-27-23(17-36-25)20-9-5-2-6-10-20)22(15-18-11-13-21(14-12-18)30(33)34)28-26(32)35-16-19-7-3-1-4-8-19/h1-14,17,22H,15-16H2,(H,28,32)(H,27,29,31). The highest BCUT2D eigenvalue weighted by Crippen LogP contribution is 2.25. The van der Waals surface area contributed by atoms with E-state index in [2.05, 4.69) is 15.6 Å². The van der Waals surface area contributed by atoms with Crippen LogP contribution in [0.4, 0.5) is 15.6 Å². The van der Waals surface area contributed by atoms with Gasteiger partial charge in [-0.3, -0.25) is 14.9 Å². The summed E-state index contributed by atoms with van der Waals surface area (Å²) < 4.78 is 5.28. The number of rotatable bonds is 9. The summed E-state index contributed by atoms with van der Waals surface area (Å²) in [4.78, 5) is 40.5. The molecular formula is C26H22N4O5S. The molecule has 0 saturated heterocycles. The Bertz CT molecular complexity index is 1330. The molecule has 0 aliphatic rings. The van der Waals surface area contributed by atoms with Crippen molar-refractivity contribution in [1.29, 1.82) is 0 Å². The topological polar surface area (TPSA) is 123 Å². The van der Waals surface area contributed by atoms with Crippen molar-refractivity contribution in [2.45, 2.75) is 19.1 Å². The fourth-order valence-corrected chi connectivity index (χ4v) is 4.09. The fraction of sp³-hybridized carbons (Fsp3) is 0.115. The van der Waals surface area contributed by atoms with Gasteiger partial charge in [0, 0.05) is 29.5 Å². The summed E-state index contributed by atoms with van der Waals surface area (Å²) in [6, 6.07) is 23.5. The smallest absolute Gasteiger partial charge is 0.408 e. The number of non-ortho nitro benzene ring substituents is 1. The van der Waals surface area contributed by atoms with E-state index >= 15 is 0 Å². The van der Waals surface area contributed by atoms with Gasteiger partial charge in [-0.1, -0.05) is 72.8 Å². The second-order valence-electron chi connectivity index (χ2n) is 7.78. The van der Waals surface area contributed by atoms with Crippen molar-refractivity contribution in [1.82, 2.24) is 10.3 Å². The summed E-state index contributed by atoms with van der Waals surface area (Å²) in [6.45, 7) is 0.0471. The number of amides is 2. The van der Waals surface area contributed by atoms with Gasteiger partial charge in [-0.2, -0.15) is 0 Å². The number of nitrogens with zero attached hydrogens (tertiary/aromatic N) is 2. The number of nitro benzene ring substituents is 1. The first-order valence-corrected chi connectivity index (χ1v) is 11.9. The summed E-state index contributed by atoms with van der Waals surface area (Å²) in [7, 11) is 0. The third kappa shape index (κ3) is 6.73. The second-order valence-corrected chi connectivity index (χ2v) is 8.64. The van der Waals surface area contributed by atoms with Gasteiger partial charge < -0.3 is 15.4 Å². The maximum absolute atomic E-state index is 13.1. The van der Waals surface area contributed by atoms with Gasteiger partial charge in [-0.15, -0.1) is 11.3 Å². The molecule has 2 amide bonds. The van der Waals surface area contributed by atoms with Crippen LogP contribution in [0.25, 0.3) is 11.3 Å². The van der Waals surface area contributed by atoms with Gasteiger partial charge in [0.15, 0.2) is 5.13 Å². The zero-order valence-electron chi connectivity index (χ0n) is 19.0. The molecule has 4 aromatic rings. The van der Waals surface area contributed by atoms with Crippen molar-refractivity contribution < 1.29 is 19.2 Å². The van der Waals surface area contributed by atoms with Crippen LogP contribution in [0.5, 0.6) is 0 Å². The Morgan fingerprint density at radius 3 is 2.28 bits per heavy atom. The molecule has 0 spiro atoms. The normalized spacial score (nSPS) is 11.3. The van der Waals surface area contributed by atoms with Crippen LogP contribution in [0.3, 0.4) is 0 Å². The maximum Gasteiger partial charge on any atom is 0.408 e. The van der Waals surface area contributed by atoms with E-state index < -0.39 is 23.0 Å². The summed E-state index contributed by atoms with van der Waals surface area (Å²) in [5, 5.41) is 18.5. The minimum atomic E-state index is -1.00. The molecule has 4 rings (SSSR count). The number of alkyl carbamates (subject to hydrolysis) is 1. The highest BCUT2D eigenvalue weighted by molar-refractivity contribution is 7.14. The zero-order chi connectivity index (χ0) is 25.3. The number of hydrogen-bond donors (Lipinski definition) is 2. The van der Waals surface area contributed by atoms with Gasteiger partial charge in [0.2, 0.25) is 5.91 Å². The van der Waals surface area contributed by atoms with Crippen molar-refractivity contribution in [2.24, 2.45) is 0 Å². The molecule has 0 saturated carbocycles. The molecule has 36 heavy (non-hydrogen) atoms. The van der Waals surface area contributed by atoms with E-state index in [9.17, 15) is 19.7 Å². The predicted octanol–water partition coefficient (Wildman–Crippen LogP) is 5.19. The van der Waals surface area contributed by atoms with E-state index in [1.807, 2.05) is 66.0 Å². The van der Waals surface area contributed by atoms with Crippen LogP contribution >= 0.6 is 11.3 Å². The third-order valence-electron chi connectivity index (χ3n) is 5.21. The van der Waals surface area contributed by atoms with Crippen molar-refractivity contribution in [2.75, 3.05) is 5.32 Å². The Balaban J connectivity index is 1.46. The average Bonchev–Trinajstić information content (AvgIpc) is 3.37. The lowest BCUT2D eigenvalue weighted by atomic mass is 10.0. The van der Waals surface area contributed by atoms with Gasteiger partial charge in [0.05, 0.1) is 10.6 Å². The molecule has 1 heterocycles. The SMILES string of the molecule is O=C(NC(Cc1ccc([N+](=O)[O-])cc1)C(=O)Nc1nc(-c2ccccc2)cs1)OCc1ccccc1. The number of benzene rings is 3. The lowest BCUT2D eigenvalue weighted by Crippen LogP contribution is -2.45. The zero-order valence-corrected chi connectivity index (χ0v) is 19.8. The first-order chi connectivity index (χ1) is 17.5. The van der Waals surface area contributed by atoms with Crippen LogP contribution < -0.4 is 10.6 Å².